The van der Waals surface area contributed by atoms with Crippen molar-refractivity contribution >= 4 is 17.2 Å². The first-order valence-electron chi connectivity index (χ1n) is 5.67. The van der Waals surface area contributed by atoms with Gasteiger partial charge in [0.15, 0.2) is 0 Å². The average molecular weight is 256 g/mol. The van der Waals surface area contributed by atoms with Crippen molar-refractivity contribution in [3.63, 3.8) is 0 Å². The van der Waals surface area contributed by atoms with E-state index in [1.165, 1.54) is 0 Å². The van der Waals surface area contributed by atoms with Crippen LogP contribution in [-0.4, -0.2) is 19.8 Å². The number of rotatable bonds is 2. The third kappa shape index (κ3) is 1.84. The fourth-order valence-electron chi connectivity index (χ4n) is 2.52. The Morgan fingerprint density at radius 2 is 1.82 bits per heavy atom. The van der Waals surface area contributed by atoms with Crippen molar-refractivity contribution in [3.05, 3.63) is 21.0 Å². The lowest BCUT2D eigenvalue weighted by molar-refractivity contribution is 0.226. The van der Waals surface area contributed by atoms with E-state index in [0.717, 1.165) is 17.4 Å². The van der Waals surface area contributed by atoms with Crippen LogP contribution in [0.5, 0.6) is 0 Å². The Labute approximate surface area is 103 Å². The highest BCUT2D eigenvalue weighted by Crippen LogP contribution is 2.36. The van der Waals surface area contributed by atoms with Crippen molar-refractivity contribution in [2.24, 2.45) is 11.7 Å². The van der Waals surface area contributed by atoms with Crippen LogP contribution in [0.2, 0.25) is 0 Å². The predicted molar refractivity (Wildman–Crippen MR) is 68.1 cm³/mol. The van der Waals surface area contributed by atoms with Crippen molar-refractivity contribution in [2.75, 3.05) is 0 Å². The van der Waals surface area contributed by atoms with Crippen molar-refractivity contribution in [3.8, 4) is 0 Å². The van der Waals surface area contributed by atoms with Crippen LogP contribution in [0.15, 0.2) is 9.59 Å². The first kappa shape index (κ1) is 12.1. The molecule has 7 heteroatoms. The Kier molecular flexibility index (Phi) is 2.94. The van der Waals surface area contributed by atoms with E-state index in [2.05, 4.69) is 17.1 Å². The molecule has 1 fully saturated rings. The Hall–Kier alpha value is -1.37. The zero-order chi connectivity index (χ0) is 12.6. The molecule has 0 aliphatic heterocycles. The molecule has 1 heterocycles. The third-order valence-electron chi connectivity index (χ3n) is 3.67. The molecule has 4 N–H and O–H groups in total. The highest BCUT2D eigenvalue weighted by Gasteiger charge is 2.41. The molecule has 1 aliphatic rings. The number of thiocarbonyl (C=S) groups is 1. The first-order valence-corrected chi connectivity index (χ1v) is 6.08. The van der Waals surface area contributed by atoms with E-state index >= 15 is 0 Å². The maximum absolute atomic E-state index is 11.7. The minimum atomic E-state index is -0.799. The van der Waals surface area contributed by atoms with Crippen LogP contribution >= 0.6 is 12.2 Å². The molecule has 1 aromatic heterocycles. The Morgan fingerprint density at radius 3 is 2.24 bits per heavy atom. The minimum Gasteiger partial charge on any atom is -0.391 e. The molecule has 6 nitrogen and oxygen atoms in total. The molecular formula is C10H16N4O2S. The topological polar surface area (TPSA) is 96.7 Å². The summed E-state index contributed by atoms with van der Waals surface area (Å²) in [5, 5.41) is 4.56. The molecule has 0 amide bonds. The van der Waals surface area contributed by atoms with Crippen molar-refractivity contribution in [2.45, 2.75) is 38.1 Å². The number of nitrogens with one attached hydrogen (secondary N) is 2. The molecule has 0 radical (unpaired) electrons. The normalized spacial score (nSPS) is 29.1. The van der Waals surface area contributed by atoms with Gasteiger partial charge in [-0.25, -0.2) is 24.4 Å². The fraction of sp³-hybridized carbons (Fsp3) is 0.700. The van der Waals surface area contributed by atoms with Gasteiger partial charge >= 0.3 is 11.4 Å². The summed E-state index contributed by atoms with van der Waals surface area (Å²) in [5.41, 5.74) is 4.03. The van der Waals surface area contributed by atoms with Gasteiger partial charge in [0.1, 0.15) is 5.54 Å². The summed E-state index contributed by atoms with van der Waals surface area (Å²) in [6, 6.07) is 0. The molecule has 0 unspecified atom stereocenters. The van der Waals surface area contributed by atoms with Gasteiger partial charge in [-0.2, -0.15) is 0 Å². The van der Waals surface area contributed by atoms with Crippen LogP contribution in [0.4, 0.5) is 0 Å². The van der Waals surface area contributed by atoms with Crippen LogP contribution in [0.3, 0.4) is 0 Å². The van der Waals surface area contributed by atoms with Gasteiger partial charge < -0.3 is 5.73 Å². The largest absolute Gasteiger partial charge is 0.391 e. The van der Waals surface area contributed by atoms with Crippen LogP contribution < -0.4 is 17.1 Å². The second-order valence-electron chi connectivity index (χ2n) is 4.77. The summed E-state index contributed by atoms with van der Waals surface area (Å²) in [6.45, 7) is 2.15. The van der Waals surface area contributed by atoms with Crippen molar-refractivity contribution in [1.29, 1.82) is 0 Å². The van der Waals surface area contributed by atoms with Crippen LogP contribution in [0.25, 0.3) is 0 Å². The number of hydrogen-bond acceptors (Lipinski definition) is 3. The molecule has 0 bridgehead atoms. The molecule has 0 aromatic carbocycles. The Morgan fingerprint density at radius 1 is 1.35 bits per heavy atom. The average Bonchev–Trinajstić information content (AvgIpc) is 2.61. The monoisotopic (exact) mass is 256 g/mol. The highest BCUT2D eigenvalue weighted by molar-refractivity contribution is 7.80. The van der Waals surface area contributed by atoms with E-state index < -0.39 is 16.9 Å². The van der Waals surface area contributed by atoms with Gasteiger partial charge in [0.2, 0.25) is 0 Å². The summed E-state index contributed by atoms with van der Waals surface area (Å²) in [5.74, 6) is 0.575. The number of nitrogens with two attached hydrogens (primary N) is 1. The molecule has 1 saturated carbocycles. The standard InChI is InChI=1S/C10H16N4O2S/c1-6-2-4-10(5-3-6,7(11)17)14-8(15)12-13-9(14)16/h6H,2-5H2,1H3,(H2,11,17)(H,12,15)(H,13,16). The minimum absolute atomic E-state index is 0.219. The fourth-order valence-corrected chi connectivity index (χ4v) is 2.82. The number of hydrogen-bond donors (Lipinski definition) is 3. The smallest absolute Gasteiger partial charge is 0.345 e. The molecule has 2 rings (SSSR count). The quantitative estimate of drug-likeness (QED) is 0.652. The maximum atomic E-state index is 11.7. The van der Waals surface area contributed by atoms with Crippen LogP contribution in [-0.2, 0) is 5.54 Å². The summed E-state index contributed by atoms with van der Waals surface area (Å²) in [6.07, 6.45) is 3.11. The molecule has 1 aliphatic carbocycles. The van der Waals surface area contributed by atoms with Gasteiger partial charge in [-0.05, 0) is 31.6 Å². The van der Waals surface area contributed by atoms with E-state index in [0.29, 0.717) is 18.8 Å². The van der Waals surface area contributed by atoms with E-state index in [1.54, 1.807) is 0 Å². The zero-order valence-electron chi connectivity index (χ0n) is 9.66. The number of aromatic amines is 2. The summed E-state index contributed by atoms with van der Waals surface area (Å²) >= 11 is 5.08. The van der Waals surface area contributed by atoms with Crippen LogP contribution in [0.1, 0.15) is 32.6 Å². The zero-order valence-corrected chi connectivity index (χ0v) is 10.5. The predicted octanol–water partition coefficient (Wildman–Crippen LogP) is 0.0562. The SMILES string of the molecule is CC1CCC(C(N)=S)(n2c(=O)[nH][nH]c2=O)CC1. The molecule has 17 heavy (non-hydrogen) atoms. The molecule has 0 spiro atoms. The summed E-state index contributed by atoms with van der Waals surface area (Å²) < 4.78 is 1.14. The van der Waals surface area contributed by atoms with E-state index in [-0.39, 0.29) is 4.99 Å². The Balaban J connectivity index is 2.54. The molecule has 94 valence electrons. The van der Waals surface area contributed by atoms with Gasteiger partial charge in [0, 0.05) is 0 Å². The van der Waals surface area contributed by atoms with Gasteiger partial charge in [-0.1, -0.05) is 19.1 Å². The number of aromatic nitrogens is 3. The van der Waals surface area contributed by atoms with Gasteiger partial charge in [-0.3, -0.25) is 0 Å². The molecule has 0 atom stereocenters. The summed E-state index contributed by atoms with van der Waals surface area (Å²) in [4.78, 5) is 23.6. The van der Waals surface area contributed by atoms with E-state index in [9.17, 15) is 9.59 Å². The molecular weight excluding hydrogens is 240 g/mol. The summed E-state index contributed by atoms with van der Waals surface area (Å²) in [7, 11) is 0. The van der Waals surface area contributed by atoms with Gasteiger partial charge in [-0.15, -0.1) is 0 Å². The second-order valence-corrected chi connectivity index (χ2v) is 5.21. The van der Waals surface area contributed by atoms with E-state index in [1.807, 2.05) is 0 Å². The van der Waals surface area contributed by atoms with Gasteiger partial charge in [0.25, 0.3) is 0 Å². The second kappa shape index (κ2) is 4.14. The lowest BCUT2D eigenvalue weighted by Crippen LogP contribution is -2.54. The first-order chi connectivity index (χ1) is 7.97. The van der Waals surface area contributed by atoms with Crippen molar-refractivity contribution < 1.29 is 0 Å². The Bertz CT molecular complexity index is 505. The van der Waals surface area contributed by atoms with E-state index in [4.69, 9.17) is 18.0 Å². The lowest BCUT2D eigenvalue weighted by Gasteiger charge is -2.38. The highest BCUT2D eigenvalue weighted by atomic mass is 32.1. The lowest BCUT2D eigenvalue weighted by atomic mass is 9.77. The molecule has 0 saturated heterocycles. The van der Waals surface area contributed by atoms with Gasteiger partial charge in [0.05, 0.1) is 4.99 Å². The maximum Gasteiger partial charge on any atom is 0.345 e. The molecule has 1 aromatic rings. The number of nitrogens with zero attached hydrogens (tertiary/aromatic N) is 1. The third-order valence-corrected chi connectivity index (χ3v) is 4.05. The van der Waals surface area contributed by atoms with Crippen LogP contribution in [0, 0.1) is 5.92 Å². The van der Waals surface area contributed by atoms with Crippen molar-refractivity contribution in [1.82, 2.24) is 14.8 Å². The number of H-pyrrole nitrogens is 2.